The summed E-state index contributed by atoms with van der Waals surface area (Å²) in [5.74, 6) is 1.01. The van der Waals surface area contributed by atoms with Gasteiger partial charge >= 0.3 is 26.2 Å². The number of hydrogen-bond acceptors (Lipinski definition) is 1. The molecule has 0 aromatic heterocycles. The number of halogens is 2. The van der Waals surface area contributed by atoms with Crippen molar-refractivity contribution in [3.8, 4) is 39.1 Å². The van der Waals surface area contributed by atoms with Crippen molar-refractivity contribution in [3.63, 3.8) is 0 Å². The molecule has 0 bridgehead atoms. The Balaban J connectivity index is 0.000000240. The molecule has 1 aliphatic rings. The summed E-state index contributed by atoms with van der Waals surface area (Å²) in [6, 6.07) is 32.5. The molecule has 7 aromatic rings. The largest absolute Gasteiger partial charge is 4.00 e. The average Bonchev–Trinajstić information content (AvgIpc) is 3.78. The van der Waals surface area contributed by atoms with Crippen molar-refractivity contribution in [2.75, 3.05) is 7.11 Å². The van der Waals surface area contributed by atoms with Gasteiger partial charge in [-0.2, -0.15) is 12.1 Å². The van der Waals surface area contributed by atoms with E-state index in [1.807, 2.05) is 0 Å². The van der Waals surface area contributed by atoms with Gasteiger partial charge in [-0.05, 0) is 88.5 Å². The van der Waals surface area contributed by atoms with Crippen LogP contribution in [0.15, 0.2) is 84.9 Å². The van der Waals surface area contributed by atoms with Crippen LogP contribution in [-0.2, 0) is 44.5 Å². The molecule has 0 spiro atoms. The monoisotopic (exact) mass is 856 g/mol. The van der Waals surface area contributed by atoms with Gasteiger partial charge in [-0.3, -0.25) is 0 Å². The minimum absolute atomic E-state index is 0. The Hall–Kier alpha value is -3.42. The predicted octanol–water partition coefficient (Wildman–Crippen LogP) is 8.39. The number of ether oxygens (including phenoxy) is 1. The molecule has 0 saturated carbocycles. The quantitative estimate of drug-likeness (QED) is 0.162. The van der Waals surface area contributed by atoms with Crippen LogP contribution in [-0.4, -0.2) is 7.11 Å². The van der Waals surface area contributed by atoms with Crippen molar-refractivity contribution in [1.29, 1.82) is 0 Å². The summed E-state index contributed by atoms with van der Waals surface area (Å²) < 4.78 is 5.95. The molecule has 0 N–H and O–H groups in total. The zero-order valence-electron chi connectivity index (χ0n) is 35.4. The number of aryl methyl sites for hydroxylation is 8. The summed E-state index contributed by atoms with van der Waals surface area (Å²) in [7, 11) is 1.79. The van der Waals surface area contributed by atoms with Crippen LogP contribution in [0.5, 0.6) is 5.75 Å². The molecule has 0 saturated heterocycles. The SMILES string of the molecule is COc1c(C(C)(C)C)cc2[cH-]c(C)cc2c1-c1cc(C)cc(C)c1.Cc1cc(C)cc(-c2c3c(c(-c4cc(C)cc(C)c4)c4[cH-]c(C)cc24)CCC3)c1.[Cl-].[Cl-].[Zr+4]. The van der Waals surface area contributed by atoms with Crippen LogP contribution in [0, 0.1) is 55.4 Å². The van der Waals surface area contributed by atoms with Gasteiger partial charge in [0.25, 0.3) is 0 Å². The maximum Gasteiger partial charge on any atom is 4.00 e. The summed E-state index contributed by atoms with van der Waals surface area (Å²) >= 11 is 0. The van der Waals surface area contributed by atoms with Gasteiger partial charge in [0.2, 0.25) is 0 Å². The molecular weight excluding hydrogens is 803 g/mol. The fourth-order valence-corrected chi connectivity index (χ4v) is 9.25. The maximum atomic E-state index is 5.95. The minimum atomic E-state index is 0. The van der Waals surface area contributed by atoms with Gasteiger partial charge in [0.15, 0.2) is 0 Å². The first kappa shape index (κ1) is 45.3. The Labute approximate surface area is 368 Å². The molecular formula is C52H56Cl2OZr. The molecule has 7 aromatic carbocycles. The molecule has 4 heteroatoms. The van der Waals surface area contributed by atoms with Crippen LogP contribution < -0.4 is 29.6 Å². The van der Waals surface area contributed by atoms with Crippen molar-refractivity contribution in [1.82, 2.24) is 0 Å². The van der Waals surface area contributed by atoms with Crippen molar-refractivity contribution in [3.05, 3.63) is 146 Å². The van der Waals surface area contributed by atoms with Crippen LogP contribution in [0.3, 0.4) is 0 Å². The van der Waals surface area contributed by atoms with E-state index in [1.54, 1.807) is 18.2 Å². The standard InChI is InChI=1S/C29H29.C23H27O.2ClH.Zr/c1-17-9-18(2)12-22(11-17)28-24-7-6-8-25(24)29(27-16-21(5)15-26(27)28)23-13-19(3)10-20(4)14-23;1-14-8-15(2)11-18(10-14)21-19-12-16(3)9-17(19)13-20(22(21)24-7)23(4,5)6;;;/h9-16H,6-8H2,1-5H3;8-13H,1-7H3;2*1H;/q2*-1;;;+4/p-2. The van der Waals surface area contributed by atoms with E-state index in [1.165, 1.54) is 124 Å². The van der Waals surface area contributed by atoms with Crippen molar-refractivity contribution in [2.24, 2.45) is 0 Å². The van der Waals surface area contributed by atoms with E-state index in [9.17, 15) is 0 Å². The van der Waals surface area contributed by atoms with E-state index in [0.717, 1.165) is 5.75 Å². The second kappa shape index (κ2) is 17.6. The summed E-state index contributed by atoms with van der Waals surface area (Å²) in [4.78, 5) is 0. The molecule has 0 radical (unpaired) electrons. The first-order valence-electron chi connectivity index (χ1n) is 19.4. The van der Waals surface area contributed by atoms with Gasteiger partial charge in [0, 0.05) is 0 Å². The Morgan fingerprint density at radius 1 is 0.500 bits per heavy atom. The molecule has 0 amide bonds. The predicted molar refractivity (Wildman–Crippen MR) is 231 cm³/mol. The Morgan fingerprint density at radius 3 is 1.38 bits per heavy atom. The van der Waals surface area contributed by atoms with Crippen molar-refractivity contribution in [2.45, 2.75) is 101 Å². The molecule has 0 fully saturated rings. The normalized spacial score (nSPS) is 12.0. The Kier molecular flexibility index (Phi) is 14.2. The van der Waals surface area contributed by atoms with Gasteiger partial charge in [-0.25, -0.2) is 0 Å². The molecule has 56 heavy (non-hydrogen) atoms. The molecule has 1 nitrogen and oxygen atoms in total. The topological polar surface area (TPSA) is 9.23 Å². The van der Waals surface area contributed by atoms with Crippen LogP contribution in [0.25, 0.3) is 54.9 Å². The van der Waals surface area contributed by atoms with Crippen LogP contribution in [0.1, 0.15) is 88.4 Å². The minimum Gasteiger partial charge on any atom is -1.00 e. The third-order valence-electron chi connectivity index (χ3n) is 11.0. The van der Waals surface area contributed by atoms with Gasteiger partial charge in [0.1, 0.15) is 5.75 Å². The maximum absolute atomic E-state index is 5.95. The number of methoxy groups -OCH3 is 1. The van der Waals surface area contributed by atoms with E-state index in [2.05, 4.69) is 161 Å². The third-order valence-corrected chi connectivity index (χ3v) is 11.0. The summed E-state index contributed by atoms with van der Waals surface area (Å²) in [6.07, 6.45) is 3.64. The summed E-state index contributed by atoms with van der Waals surface area (Å²) in [6.45, 7) is 24.3. The molecule has 0 heterocycles. The van der Waals surface area contributed by atoms with Gasteiger partial charge in [0.05, 0.1) is 7.11 Å². The molecule has 0 unspecified atom stereocenters. The molecule has 0 atom stereocenters. The van der Waals surface area contributed by atoms with E-state index in [0.29, 0.717) is 0 Å². The van der Waals surface area contributed by atoms with Crippen molar-refractivity contribution >= 4 is 21.5 Å². The Morgan fingerprint density at radius 2 is 0.911 bits per heavy atom. The number of rotatable bonds is 4. The summed E-state index contributed by atoms with van der Waals surface area (Å²) in [5, 5.41) is 5.44. The second-order valence-electron chi connectivity index (χ2n) is 17.2. The summed E-state index contributed by atoms with van der Waals surface area (Å²) in [5.41, 5.74) is 23.3. The van der Waals surface area contributed by atoms with Gasteiger partial charge < -0.3 is 29.6 Å². The van der Waals surface area contributed by atoms with Crippen LogP contribution >= 0.6 is 0 Å². The average molecular weight is 859 g/mol. The Bertz CT molecular complexity index is 2380. The molecule has 0 aliphatic heterocycles. The molecule has 1 aliphatic carbocycles. The molecule has 8 rings (SSSR count). The van der Waals surface area contributed by atoms with Gasteiger partial charge in [-0.1, -0.05) is 150 Å². The third kappa shape index (κ3) is 8.84. The van der Waals surface area contributed by atoms with Crippen molar-refractivity contribution < 1.29 is 55.8 Å². The second-order valence-corrected chi connectivity index (χ2v) is 17.2. The van der Waals surface area contributed by atoms with Gasteiger partial charge in [-0.15, -0.1) is 50.9 Å². The number of fused-ring (bicyclic) bond motifs is 3. The zero-order chi connectivity index (χ0) is 37.9. The first-order valence-corrected chi connectivity index (χ1v) is 19.4. The van der Waals surface area contributed by atoms with E-state index in [4.69, 9.17) is 4.74 Å². The first-order chi connectivity index (χ1) is 25.1. The fraction of sp³-hybridized carbons (Fsp3) is 0.308. The van der Waals surface area contributed by atoms with E-state index >= 15 is 0 Å². The molecule has 288 valence electrons. The van der Waals surface area contributed by atoms with Crippen LogP contribution in [0.2, 0.25) is 0 Å². The van der Waals surface area contributed by atoms with Crippen LogP contribution in [0.4, 0.5) is 0 Å². The number of benzene rings is 5. The smallest absolute Gasteiger partial charge is 1.00 e. The van der Waals surface area contributed by atoms with E-state index < -0.39 is 0 Å². The van der Waals surface area contributed by atoms with E-state index in [-0.39, 0.29) is 56.4 Å². The zero-order valence-corrected chi connectivity index (χ0v) is 39.3. The fourth-order valence-electron chi connectivity index (χ4n) is 9.25. The number of hydrogen-bond donors (Lipinski definition) is 0.